The van der Waals surface area contributed by atoms with Crippen LogP contribution >= 0.6 is 0 Å². The summed E-state index contributed by atoms with van der Waals surface area (Å²) in [6.07, 6.45) is 17.5. The van der Waals surface area contributed by atoms with Crippen LogP contribution in [-0.4, -0.2) is 43.1 Å². The topological polar surface area (TPSA) is 65.0 Å². The number of carbonyl (C=O) groups is 1. The Kier molecular flexibility index (Phi) is 6.45. The molecule has 0 aromatic rings. The van der Waals surface area contributed by atoms with E-state index < -0.39 is 0 Å². The molecule has 0 spiro atoms. The van der Waals surface area contributed by atoms with E-state index in [1.165, 1.54) is 18.1 Å². The molecular weight excluding hydrogens is 356 g/mol. The Morgan fingerprint density at radius 3 is 3.04 bits per heavy atom. The molecule has 28 heavy (non-hydrogen) atoms. The minimum Gasteiger partial charge on any atom is -0.512 e. The first-order valence-corrected chi connectivity index (χ1v) is 10.6. The number of hydrogen-bond donors (Lipinski definition) is 1. The molecule has 4 aliphatic rings. The molecule has 0 bridgehead atoms. The van der Waals surface area contributed by atoms with Crippen molar-refractivity contribution in [1.29, 1.82) is 0 Å². The SMILES string of the molecule is O=CC=CC1=C(O)C[C@H]2OC3C(CCCCOC4CCCCO4)=CC=CC3[C@@H]12. The fraction of sp³-hybridized carbons (Fsp3) is 0.609. The summed E-state index contributed by atoms with van der Waals surface area (Å²) in [5, 5.41) is 10.3. The zero-order chi connectivity index (χ0) is 19.3. The fourth-order valence-electron chi connectivity index (χ4n) is 4.91. The second-order valence-corrected chi connectivity index (χ2v) is 8.05. The minimum absolute atomic E-state index is 0.000708. The number of fused-ring (bicyclic) bond motifs is 3. The van der Waals surface area contributed by atoms with Gasteiger partial charge < -0.3 is 19.3 Å². The van der Waals surface area contributed by atoms with Crippen molar-refractivity contribution in [3.8, 4) is 0 Å². The van der Waals surface area contributed by atoms with Gasteiger partial charge in [-0.15, -0.1) is 0 Å². The van der Waals surface area contributed by atoms with Crippen LogP contribution in [0, 0.1) is 11.8 Å². The first kappa shape index (κ1) is 19.6. The molecule has 2 fully saturated rings. The molecular formula is C23H30O5. The summed E-state index contributed by atoms with van der Waals surface area (Å²) in [5.41, 5.74) is 2.19. The molecule has 5 nitrogen and oxygen atoms in total. The van der Waals surface area contributed by atoms with Crippen molar-refractivity contribution in [2.45, 2.75) is 63.4 Å². The van der Waals surface area contributed by atoms with E-state index in [0.717, 1.165) is 57.2 Å². The van der Waals surface area contributed by atoms with Crippen molar-refractivity contribution in [1.82, 2.24) is 0 Å². The molecule has 2 saturated heterocycles. The summed E-state index contributed by atoms with van der Waals surface area (Å²) in [5.74, 6) is 0.721. The van der Waals surface area contributed by atoms with Crippen molar-refractivity contribution < 1.29 is 24.1 Å². The van der Waals surface area contributed by atoms with Gasteiger partial charge in [-0.25, -0.2) is 0 Å². The van der Waals surface area contributed by atoms with Crippen LogP contribution in [0.4, 0.5) is 0 Å². The van der Waals surface area contributed by atoms with Gasteiger partial charge in [-0.3, -0.25) is 4.79 Å². The third-order valence-electron chi connectivity index (χ3n) is 6.24. The highest BCUT2D eigenvalue weighted by Gasteiger charge is 2.50. The van der Waals surface area contributed by atoms with Gasteiger partial charge in [0.1, 0.15) is 6.29 Å². The minimum atomic E-state index is -0.00944. The molecule has 5 atom stereocenters. The molecule has 4 rings (SSSR count). The van der Waals surface area contributed by atoms with Crippen LogP contribution in [-0.2, 0) is 19.0 Å². The Balaban J connectivity index is 1.28. The highest BCUT2D eigenvalue weighted by molar-refractivity contribution is 5.66. The number of hydrogen-bond acceptors (Lipinski definition) is 5. The lowest BCUT2D eigenvalue weighted by atomic mass is 9.79. The van der Waals surface area contributed by atoms with E-state index in [9.17, 15) is 9.90 Å². The van der Waals surface area contributed by atoms with Gasteiger partial charge in [0.25, 0.3) is 0 Å². The number of aldehydes is 1. The van der Waals surface area contributed by atoms with Crippen molar-refractivity contribution >= 4 is 6.29 Å². The molecule has 0 aromatic heterocycles. The molecule has 2 heterocycles. The van der Waals surface area contributed by atoms with Crippen molar-refractivity contribution in [3.63, 3.8) is 0 Å². The van der Waals surface area contributed by atoms with Crippen LogP contribution in [0.15, 0.2) is 47.3 Å². The normalized spacial score (nSPS) is 34.6. The number of aliphatic hydroxyl groups excluding tert-OH is 1. The monoisotopic (exact) mass is 386 g/mol. The number of allylic oxidation sites excluding steroid dienone is 4. The predicted octanol–water partition coefficient (Wildman–Crippen LogP) is 4.17. The Hall–Kier alpha value is -1.69. The highest BCUT2D eigenvalue weighted by Crippen LogP contribution is 2.50. The molecule has 2 aliphatic heterocycles. The first-order chi connectivity index (χ1) is 13.8. The van der Waals surface area contributed by atoms with Gasteiger partial charge in [0.15, 0.2) is 6.29 Å². The number of carbonyl (C=O) groups excluding carboxylic acids is 1. The van der Waals surface area contributed by atoms with Gasteiger partial charge >= 0.3 is 0 Å². The molecule has 0 radical (unpaired) electrons. The Morgan fingerprint density at radius 2 is 2.21 bits per heavy atom. The van der Waals surface area contributed by atoms with Gasteiger partial charge in [0.2, 0.25) is 0 Å². The largest absolute Gasteiger partial charge is 0.512 e. The van der Waals surface area contributed by atoms with Crippen molar-refractivity contribution in [2.24, 2.45) is 11.8 Å². The Morgan fingerprint density at radius 1 is 1.29 bits per heavy atom. The van der Waals surface area contributed by atoms with Gasteiger partial charge in [0.05, 0.1) is 18.0 Å². The third kappa shape index (κ3) is 4.17. The van der Waals surface area contributed by atoms with Crippen LogP contribution in [0.25, 0.3) is 0 Å². The van der Waals surface area contributed by atoms with Gasteiger partial charge in [-0.2, -0.15) is 0 Å². The lowest BCUT2D eigenvalue weighted by Crippen LogP contribution is -2.24. The van der Waals surface area contributed by atoms with E-state index in [-0.39, 0.29) is 30.3 Å². The van der Waals surface area contributed by atoms with Crippen LogP contribution < -0.4 is 0 Å². The molecule has 0 saturated carbocycles. The molecule has 2 aliphatic carbocycles. The van der Waals surface area contributed by atoms with E-state index in [2.05, 4.69) is 18.2 Å². The van der Waals surface area contributed by atoms with E-state index in [1.54, 1.807) is 6.08 Å². The maximum atomic E-state index is 10.7. The standard InChI is InChI=1S/C23H30O5/c24-12-6-10-17-19(25)15-20-22(17)18-9-5-8-16(23(18)28-20)7-1-3-13-26-21-11-2-4-14-27-21/h5-6,8-10,12,18,20-23,25H,1-4,7,11,13-15H2/t18?,20-,21?,22-,23?/m1/s1. The maximum absolute atomic E-state index is 10.7. The molecule has 3 unspecified atom stereocenters. The summed E-state index contributed by atoms with van der Waals surface area (Å²) in [7, 11) is 0. The zero-order valence-corrected chi connectivity index (χ0v) is 16.3. The lowest BCUT2D eigenvalue weighted by molar-refractivity contribution is -0.162. The van der Waals surface area contributed by atoms with E-state index in [4.69, 9.17) is 14.2 Å². The number of rotatable bonds is 8. The second-order valence-electron chi connectivity index (χ2n) is 8.05. The summed E-state index contributed by atoms with van der Waals surface area (Å²) >= 11 is 0. The van der Waals surface area contributed by atoms with E-state index in [0.29, 0.717) is 12.2 Å². The molecule has 1 N–H and O–H groups in total. The Bertz CT molecular complexity index is 683. The molecule has 152 valence electrons. The quantitative estimate of drug-likeness (QED) is 0.385. The van der Waals surface area contributed by atoms with Gasteiger partial charge in [0, 0.05) is 31.5 Å². The summed E-state index contributed by atoms with van der Waals surface area (Å²) in [6, 6.07) is 0. The van der Waals surface area contributed by atoms with Gasteiger partial charge in [-0.05, 0) is 55.7 Å². The van der Waals surface area contributed by atoms with Gasteiger partial charge in [-0.1, -0.05) is 24.3 Å². The predicted molar refractivity (Wildman–Crippen MR) is 106 cm³/mol. The molecule has 0 amide bonds. The average molecular weight is 386 g/mol. The molecule has 5 heteroatoms. The summed E-state index contributed by atoms with van der Waals surface area (Å²) in [4.78, 5) is 10.7. The zero-order valence-electron chi connectivity index (χ0n) is 16.3. The fourth-order valence-corrected chi connectivity index (χ4v) is 4.91. The second kappa shape index (κ2) is 9.21. The van der Waals surface area contributed by atoms with Crippen LogP contribution in [0.2, 0.25) is 0 Å². The number of unbranched alkanes of at least 4 members (excludes halogenated alkanes) is 1. The maximum Gasteiger partial charge on any atom is 0.157 e. The highest BCUT2D eigenvalue weighted by atomic mass is 16.7. The lowest BCUT2D eigenvalue weighted by Gasteiger charge is -2.25. The van der Waals surface area contributed by atoms with Crippen molar-refractivity contribution in [2.75, 3.05) is 13.2 Å². The third-order valence-corrected chi connectivity index (χ3v) is 6.24. The van der Waals surface area contributed by atoms with Crippen LogP contribution in [0.3, 0.4) is 0 Å². The van der Waals surface area contributed by atoms with Crippen LogP contribution in [0.1, 0.15) is 44.9 Å². The van der Waals surface area contributed by atoms with Crippen LogP contribution in [0.5, 0.6) is 0 Å². The smallest absolute Gasteiger partial charge is 0.157 e. The summed E-state index contributed by atoms with van der Waals surface area (Å²) in [6.45, 7) is 1.56. The van der Waals surface area contributed by atoms with Crippen molar-refractivity contribution in [3.05, 3.63) is 47.3 Å². The van der Waals surface area contributed by atoms with E-state index in [1.807, 2.05) is 0 Å². The summed E-state index contributed by atoms with van der Waals surface area (Å²) < 4.78 is 17.8. The first-order valence-electron chi connectivity index (χ1n) is 10.6. The molecule has 0 aromatic carbocycles. The average Bonchev–Trinajstić information content (AvgIpc) is 3.22. The number of ether oxygens (including phenoxy) is 3. The number of aliphatic hydroxyl groups is 1. The Labute approximate surface area is 166 Å². The van der Waals surface area contributed by atoms with E-state index >= 15 is 0 Å².